The summed E-state index contributed by atoms with van der Waals surface area (Å²) in [5, 5.41) is 6.99. The third-order valence-corrected chi connectivity index (χ3v) is 5.95. The summed E-state index contributed by atoms with van der Waals surface area (Å²) < 4.78 is 98.3. The van der Waals surface area contributed by atoms with Crippen LogP contribution in [0.3, 0.4) is 0 Å². The van der Waals surface area contributed by atoms with Crippen LogP contribution in [0, 0.1) is 36.0 Å². The van der Waals surface area contributed by atoms with E-state index in [4.69, 9.17) is 0 Å². The van der Waals surface area contributed by atoms with Crippen LogP contribution in [-0.4, -0.2) is 28.2 Å². The lowest BCUT2D eigenvalue weighted by molar-refractivity contribution is 0.346. The van der Waals surface area contributed by atoms with Gasteiger partial charge in [-0.25, -0.2) is 23.1 Å². The van der Waals surface area contributed by atoms with E-state index in [2.05, 4.69) is 24.6 Å². The van der Waals surface area contributed by atoms with E-state index in [9.17, 15) is 30.4 Å². The Morgan fingerprint density at radius 3 is 2.09 bits per heavy atom. The highest BCUT2D eigenvalue weighted by Gasteiger charge is 2.31. The van der Waals surface area contributed by atoms with Crippen LogP contribution in [-0.2, 0) is 17.2 Å². The van der Waals surface area contributed by atoms with Crippen LogP contribution in [0.1, 0.15) is 5.56 Å². The van der Waals surface area contributed by atoms with E-state index in [-0.39, 0.29) is 5.95 Å². The third-order valence-electron chi connectivity index (χ3n) is 4.71. The molecule has 35 heavy (non-hydrogen) atoms. The quantitative estimate of drug-likeness (QED) is 0.177. The van der Waals surface area contributed by atoms with E-state index >= 15 is 0 Å². The molecule has 0 radical (unpaired) electrons. The molecule has 0 unspecified atom stereocenters. The van der Waals surface area contributed by atoms with E-state index in [0.29, 0.717) is 22.5 Å². The number of halogens is 5. The predicted octanol–water partition coefficient (Wildman–Crippen LogP) is 4.39. The summed E-state index contributed by atoms with van der Waals surface area (Å²) in [7, 11) is -3.22. The summed E-state index contributed by atoms with van der Waals surface area (Å²) in [5.74, 6) is -13.6. The zero-order valence-electron chi connectivity index (χ0n) is 17.9. The minimum Gasteiger partial charge on any atom is -0.372 e. The van der Waals surface area contributed by atoms with Crippen LogP contribution in [0.25, 0.3) is 11.3 Å². The Kier molecular flexibility index (Phi) is 6.15. The average molecular weight is 511 g/mol. The Bertz CT molecular complexity index is 1510. The standard InChI is InChI=1S/C21H14F5N5O3S/c1-10-7-27-21(29-12-8-28-31(2)9-12)30-19(10)11-3-5-13(6-4-11)35(32,33)34-20-17(25)15(23)14(22)16(24)18(20)26/h3-9H,1-2H3,(H,27,29,30). The van der Waals surface area contributed by atoms with Gasteiger partial charge in [0.1, 0.15) is 4.90 Å². The first-order chi connectivity index (χ1) is 16.5. The van der Waals surface area contributed by atoms with Crippen LogP contribution in [0.4, 0.5) is 33.6 Å². The lowest BCUT2D eigenvalue weighted by Crippen LogP contribution is -2.14. The van der Waals surface area contributed by atoms with Gasteiger partial charge in [0, 0.05) is 25.0 Å². The number of aryl methyl sites for hydroxylation is 2. The topological polar surface area (TPSA) is 99.0 Å². The van der Waals surface area contributed by atoms with Crippen molar-refractivity contribution in [3.05, 3.63) is 77.5 Å². The second-order valence-corrected chi connectivity index (χ2v) is 8.76. The van der Waals surface area contributed by atoms with Crippen molar-refractivity contribution in [2.24, 2.45) is 7.05 Å². The molecule has 4 aromatic rings. The van der Waals surface area contributed by atoms with Crippen LogP contribution in [0.2, 0.25) is 0 Å². The summed E-state index contributed by atoms with van der Waals surface area (Å²) >= 11 is 0. The van der Waals surface area contributed by atoms with Crippen molar-refractivity contribution in [1.29, 1.82) is 0 Å². The number of hydrogen-bond acceptors (Lipinski definition) is 7. The maximum atomic E-state index is 13.8. The maximum absolute atomic E-state index is 13.8. The lowest BCUT2D eigenvalue weighted by atomic mass is 10.1. The van der Waals surface area contributed by atoms with Crippen molar-refractivity contribution in [1.82, 2.24) is 19.7 Å². The van der Waals surface area contributed by atoms with E-state index in [1.54, 1.807) is 31.0 Å². The van der Waals surface area contributed by atoms with Crippen LogP contribution in [0.5, 0.6) is 5.75 Å². The smallest absolute Gasteiger partial charge is 0.339 e. The van der Waals surface area contributed by atoms with Crippen LogP contribution in [0.15, 0.2) is 47.8 Å². The van der Waals surface area contributed by atoms with Crippen LogP contribution < -0.4 is 9.50 Å². The van der Waals surface area contributed by atoms with Gasteiger partial charge in [-0.15, -0.1) is 0 Å². The SMILES string of the molecule is Cc1cnc(Nc2cnn(C)c2)nc1-c1ccc(S(=O)(=O)Oc2c(F)c(F)c(F)c(F)c2F)cc1. The number of nitrogens with zero attached hydrogens (tertiary/aromatic N) is 4. The lowest BCUT2D eigenvalue weighted by Gasteiger charge is -2.11. The summed E-state index contributed by atoms with van der Waals surface area (Å²) in [4.78, 5) is 7.98. The molecule has 2 aromatic carbocycles. The first-order valence-electron chi connectivity index (χ1n) is 9.63. The number of nitrogens with one attached hydrogen (secondary N) is 1. The number of aromatic nitrogens is 4. The normalized spacial score (nSPS) is 11.5. The largest absolute Gasteiger partial charge is 0.372 e. The van der Waals surface area contributed by atoms with E-state index < -0.39 is 49.8 Å². The maximum Gasteiger partial charge on any atom is 0.339 e. The van der Waals surface area contributed by atoms with Gasteiger partial charge >= 0.3 is 10.1 Å². The van der Waals surface area contributed by atoms with E-state index in [0.717, 1.165) is 12.1 Å². The first kappa shape index (κ1) is 24.1. The molecule has 8 nitrogen and oxygen atoms in total. The minimum absolute atomic E-state index is 0.241. The van der Waals surface area contributed by atoms with Gasteiger partial charge in [-0.05, 0) is 24.6 Å². The fraction of sp³-hybridized carbons (Fsp3) is 0.0952. The molecular formula is C21H14F5N5O3S. The summed E-state index contributed by atoms with van der Waals surface area (Å²) in [5.41, 5.74) is 2.18. The number of anilines is 2. The van der Waals surface area contributed by atoms with Crippen molar-refractivity contribution >= 4 is 21.8 Å². The van der Waals surface area contributed by atoms with Crippen molar-refractivity contribution in [3.63, 3.8) is 0 Å². The van der Waals surface area contributed by atoms with Gasteiger partial charge in [0.15, 0.2) is 0 Å². The van der Waals surface area contributed by atoms with Gasteiger partial charge in [-0.1, -0.05) is 12.1 Å². The molecule has 2 aromatic heterocycles. The second kappa shape index (κ2) is 8.94. The number of benzene rings is 2. The van der Waals surface area contributed by atoms with Gasteiger partial charge in [0.25, 0.3) is 0 Å². The van der Waals surface area contributed by atoms with Gasteiger partial charge in [0.2, 0.25) is 40.8 Å². The molecule has 4 rings (SSSR count). The van der Waals surface area contributed by atoms with Gasteiger partial charge in [-0.2, -0.15) is 22.3 Å². The van der Waals surface area contributed by atoms with Gasteiger partial charge in [0.05, 0.1) is 17.6 Å². The third kappa shape index (κ3) is 4.64. The Hall–Kier alpha value is -4.07. The van der Waals surface area contributed by atoms with Crippen molar-refractivity contribution in [2.45, 2.75) is 11.8 Å². The molecule has 0 bridgehead atoms. The molecule has 2 heterocycles. The zero-order chi connectivity index (χ0) is 25.5. The van der Waals surface area contributed by atoms with Gasteiger partial charge in [-0.3, -0.25) is 4.68 Å². The predicted molar refractivity (Wildman–Crippen MR) is 113 cm³/mol. The molecule has 0 amide bonds. The monoisotopic (exact) mass is 511 g/mol. The first-order valence-corrected chi connectivity index (χ1v) is 11.0. The molecule has 0 atom stereocenters. The summed E-state index contributed by atoms with van der Waals surface area (Å²) in [6.45, 7) is 1.72. The molecule has 0 saturated heterocycles. The highest BCUT2D eigenvalue weighted by atomic mass is 32.2. The Balaban J connectivity index is 1.63. The molecule has 0 saturated carbocycles. The Morgan fingerprint density at radius 1 is 0.914 bits per heavy atom. The molecule has 0 fully saturated rings. The fourth-order valence-corrected chi connectivity index (χ4v) is 3.94. The zero-order valence-corrected chi connectivity index (χ0v) is 18.7. The fourth-order valence-electron chi connectivity index (χ4n) is 3.00. The second-order valence-electron chi connectivity index (χ2n) is 7.21. The molecule has 182 valence electrons. The van der Waals surface area contributed by atoms with Crippen molar-refractivity contribution in [3.8, 4) is 17.0 Å². The molecule has 1 N–H and O–H groups in total. The highest BCUT2D eigenvalue weighted by molar-refractivity contribution is 7.87. The molecule has 0 spiro atoms. The van der Waals surface area contributed by atoms with Gasteiger partial charge < -0.3 is 9.50 Å². The van der Waals surface area contributed by atoms with E-state index in [1.165, 1.54) is 18.3 Å². The molecule has 0 aliphatic heterocycles. The number of hydrogen-bond donors (Lipinski definition) is 1. The van der Waals surface area contributed by atoms with E-state index in [1.807, 2.05) is 0 Å². The molecule has 0 aliphatic rings. The molecule has 0 aliphatic carbocycles. The van der Waals surface area contributed by atoms with Crippen molar-refractivity contribution < 1.29 is 34.6 Å². The van der Waals surface area contributed by atoms with Crippen LogP contribution >= 0.6 is 0 Å². The molecular weight excluding hydrogens is 497 g/mol. The summed E-state index contributed by atoms with van der Waals surface area (Å²) in [6.07, 6.45) is 4.80. The highest BCUT2D eigenvalue weighted by Crippen LogP contribution is 2.32. The molecule has 14 heteroatoms. The average Bonchev–Trinajstić information content (AvgIpc) is 3.25. The number of rotatable bonds is 6. The minimum atomic E-state index is -4.95. The Morgan fingerprint density at radius 2 is 1.51 bits per heavy atom. The summed E-state index contributed by atoms with van der Waals surface area (Å²) in [6, 6.07) is 4.73. The Labute approximate surface area is 195 Å². The van der Waals surface area contributed by atoms with Crippen molar-refractivity contribution in [2.75, 3.05) is 5.32 Å².